The van der Waals surface area contributed by atoms with Crippen LogP contribution in [0, 0.1) is 0 Å². The molecule has 0 radical (unpaired) electrons. The lowest BCUT2D eigenvalue weighted by Gasteiger charge is -2.24. The fraction of sp³-hybridized carbons (Fsp3) is 0.333. The Morgan fingerprint density at radius 2 is 1.47 bits per heavy atom. The Morgan fingerprint density at radius 3 is 2.11 bits per heavy atom. The molecule has 6 heteroatoms. The van der Waals surface area contributed by atoms with Gasteiger partial charge in [-0.25, -0.2) is 4.79 Å². The second-order valence-electron chi connectivity index (χ2n) is 8.84. The molecule has 0 fully saturated rings. The van der Waals surface area contributed by atoms with Crippen molar-refractivity contribution < 1.29 is 14.7 Å². The summed E-state index contributed by atoms with van der Waals surface area (Å²) in [5, 5.41) is 12.0. The van der Waals surface area contributed by atoms with E-state index in [9.17, 15) is 9.59 Å². The van der Waals surface area contributed by atoms with Crippen molar-refractivity contribution in [3.05, 3.63) is 90.0 Å². The molecule has 0 aromatic heterocycles. The molecule has 0 aliphatic rings. The number of amides is 2. The van der Waals surface area contributed by atoms with E-state index in [1.165, 1.54) is 18.4 Å². The van der Waals surface area contributed by atoms with E-state index in [-0.39, 0.29) is 12.5 Å². The van der Waals surface area contributed by atoms with Crippen LogP contribution in [-0.4, -0.2) is 30.2 Å². The molecule has 2 amide bonds. The summed E-state index contributed by atoms with van der Waals surface area (Å²) in [5.41, 5.74) is 2.95. The fourth-order valence-electron chi connectivity index (χ4n) is 3.96. The van der Waals surface area contributed by atoms with E-state index >= 15 is 0 Å². The van der Waals surface area contributed by atoms with Crippen LogP contribution in [0.4, 0.5) is 10.5 Å². The highest BCUT2D eigenvalue weighted by molar-refractivity contribution is 7.99. The topological polar surface area (TPSA) is 69.6 Å². The predicted octanol–water partition coefficient (Wildman–Crippen LogP) is 7.19. The third kappa shape index (κ3) is 9.42. The van der Waals surface area contributed by atoms with Gasteiger partial charge in [-0.3, -0.25) is 9.69 Å². The van der Waals surface area contributed by atoms with Crippen LogP contribution in [0.15, 0.2) is 88.7 Å². The number of benzene rings is 3. The maximum atomic E-state index is 13.1. The minimum absolute atomic E-state index is 0.0282. The van der Waals surface area contributed by atoms with Crippen molar-refractivity contribution in [3.63, 3.8) is 0 Å². The number of nitrogens with one attached hydrogen (secondary N) is 1. The van der Waals surface area contributed by atoms with Crippen LogP contribution in [0.2, 0.25) is 0 Å². The summed E-state index contributed by atoms with van der Waals surface area (Å²) in [5.74, 6) is -0.829. The number of aryl methyl sites for hydroxylation is 1. The minimum Gasteiger partial charge on any atom is -0.481 e. The lowest BCUT2D eigenvalue weighted by Crippen LogP contribution is -2.41. The Balaban J connectivity index is 1.62. The molecular weight excluding hydrogens is 468 g/mol. The minimum atomic E-state index is -0.829. The van der Waals surface area contributed by atoms with Crippen molar-refractivity contribution >= 4 is 29.4 Å². The van der Waals surface area contributed by atoms with Gasteiger partial charge in [0.05, 0.1) is 6.42 Å². The third-order valence-corrected chi connectivity index (χ3v) is 6.92. The number of hydrogen-bond acceptors (Lipinski definition) is 3. The highest BCUT2D eigenvalue weighted by atomic mass is 32.2. The predicted molar refractivity (Wildman–Crippen MR) is 148 cm³/mol. The quantitative estimate of drug-likeness (QED) is 0.228. The maximum Gasteiger partial charge on any atom is 0.321 e. The van der Waals surface area contributed by atoms with E-state index in [0.717, 1.165) is 46.7 Å². The van der Waals surface area contributed by atoms with Crippen molar-refractivity contribution in [2.75, 3.05) is 18.0 Å². The van der Waals surface area contributed by atoms with Gasteiger partial charge in [-0.1, -0.05) is 80.4 Å². The molecule has 5 nitrogen and oxygen atoms in total. The Kier molecular flexibility index (Phi) is 11.4. The van der Waals surface area contributed by atoms with E-state index in [0.29, 0.717) is 13.1 Å². The number of carboxylic acids is 1. The normalized spacial score (nSPS) is 10.7. The summed E-state index contributed by atoms with van der Waals surface area (Å²) in [6.45, 7) is 3.52. The Bertz CT molecular complexity index is 1070. The van der Waals surface area contributed by atoms with Gasteiger partial charge in [0.15, 0.2) is 0 Å². The number of aliphatic carboxylic acids is 1. The molecule has 0 unspecified atom stereocenters. The number of hydrogen-bond donors (Lipinski definition) is 2. The van der Waals surface area contributed by atoms with Crippen LogP contribution < -0.4 is 10.2 Å². The molecule has 3 rings (SSSR count). The molecule has 190 valence electrons. The van der Waals surface area contributed by atoms with E-state index in [2.05, 4.69) is 24.4 Å². The fourth-order valence-corrected chi connectivity index (χ4v) is 4.77. The summed E-state index contributed by atoms with van der Waals surface area (Å²) in [4.78, 5) is 27.9. The Labute approximate surface area is 218 Å². The molecule has 0 saturated carbocycles. The lowest BCUT2D eigenvalue weighted by atomic mass is 10.1. The van der Waals surface area contributed by atoms with Gasteiger partial charge in [-0.05, 0) is 66.8 Å². The Morgan fingerprint density at radius 1 is 0.806 bits per heavy atom. The standard InChI is InChI=1S/C30H36N2O3S/c1-2-3-4-8-21-31-30(35)32(22-9-12-24-10-6-5-7-11-24)26-15-19-28(20-16-26)36-27-17-13-25(14-18-27)23-29(33)34/h5-7,10-11,13-20H,2-4,8-9,12,21-23H2,1H3,(H,31,35)(H,33,34). The van der Waals surface area contributed by atoms with Crippen molar-refractivity contribution in [1.29, 1.82) is 0 Å². The molecule has 3 aromatic rings. The molecule has 36 heavy (non-hydrogen) atoms. The van der Waals surface area contributed by atoms with Gasteiger partial charge < -0.3 is 10.4 Å². The molecule has 0 aliphatic heterocycles. The van der Waals surface area contributed by atoms with Gasteiger partial charge in [0.25, 0.3) is 0 Å². The van der Waals surface area contributed by atoms with E-state index in [1.54, 1.807) is 11.8 Å². The molecule has 2 N–H and O–H groups in total. The molecule has 0 aliphatic carbocycles. The summed E-state index contributed by atoms with van der Waals surface area (Å²) in [7, 11) is 0. The van der Waals surface area contributed by atoms with Crippen molar-refractivity contribution in [3.8, 4) is 0 Å². The average molecular weight is 505 g/mol. The number of rotatable bonds is 14. The van der Waals surface area contributed by atoms with Crippen LogP contribution in [0.1, 0.15) is 50.2 Å². The summed E-state index contributed by atoms with van der Waals surface area (Å²) < 4.78 is 0. The van der Waals surface area contributed by atoms with Crippen LogP contribution in [0.25, 0.3) is 0 Å². The zero-order chi connectivity index (χ0) is 25.6. The molecule has 0 heterocycles. The van der Waals surface area contributed by atoms with Crippen LogP contribution in [0.5, 0.6) is 0 Å². The second-order valence-corrected chi connectivity index (χ2v) is 9.99. The van der Waals surface area contributed by atoms with Crippen molar-refractivity contribution in [1.82, 2.24) is 5.32 Å². The van der Waals surface area contributed by atoms with Crippen LogP contribution >= 0.6 is 11.8 Å². The van der Waals surface area contributed by atoms with Gasteiger partial charge in [0, 0.05) is 28.6 Å². The van der Waals surface area contributed by atoms with Gasteiger partial charge in [0.2, 0.25) is 0 Å². The highest BCUT2D eigenvalue weighted by Gasteiger charge is 2.15. The second kappa shape index (κ2) is 15.0. The van der Waals surface area contributed by atoms with Crippen LogP contribution in [-0.2, 0) is 17.6 Å². The molecule has 0 bridgehead atoms. The van der Waals surface area contributed by atoms with E-state index < -0.39 is 5.97 Å². The number of anilines is 1. The third-order valence-electron chi connectivity index (χ3n) is 5.90. The number of carbonyl (C=O) groups is 2. The molecule has 0 spiro atoms. The van der Waals surface area contributed by atoms with Gasteiger partial charge >= 0.3 is 12.0 Å². The maximum absolute atomic E-state index is 13.1. The molecule has 3 aromatic carbocycles. The smallest absolute Gasteiger partial charge is 0.321 e. The number of urea groups is 1. The Hall–Kier alpha value is -3.25. The zero-order valence-corrected chi connectivity index (χ0v) is 21.8. The molecule has 0 atom stereocenters. The summed E-state index contributed by atoms with van der Waals surface area (Å²) in [6, 6.07) is 26.0. The molecular formula is C30H36N2O3S. The number of carbonyl (C=O) groups excluding carboxylic acids is 1. The lowest BCUT2D eigenvalue weighted by molar-refractivity contribution is -0.136. The monoisotopic (exact) mass is 504 g/mol. The van der Waals surface area contributed by atoms with E-state index in [4.69, 9.17) is 5.11 Å². The molecule has 0 saturated heterocycles. The first-order valence-corrected chi connectivity index (χ1v) is 13.5. The summed E-state index contributed by atoms with van der Waals surface area (Å²) >= 11 is 1.61. The zero-order valence-electron chi connectivity index (χ0n) is 21.0. The number of carboxylic acid groups (broad SMARTS) is 1. The van der Waals surface area contributed by atoms with Crippen LogP contribution in [0.3, 0.4) is 0 Å². The summed E-state index contributed by atoms with van der Waals surface area (Å²) in [6.07, 6.45) is 6.33. The van der Waals surface area contributed by atoms with Gasteiger partial charge in [-0.15, -0.1) is 0 Å². The SMILES string of the molecule is CCCCCCNC(=O)N(CCCc1ccccc1)c1ccc(Sc2ccc(CC(=O)O)cc2)cc1. The van der Waals surface area contributed by atoms with Crippen molar-refractivity contribution in [2.45, 2.75) is 61.7 Å². The van der Waals surface area contributed by atoms with Gasteiger partial charge in [-0.2, -0.15) is 0 Å². The first-order valence-electron chi connectivity index (χ1n) is 12.7. The van der Waals surface area contributed by atoms with Gasteiger partial charge in [0.1, 0.15) is 0 Å². The average Bonchev–Trinajstić information content (AvgIpc) is 2.88. The first-order chi connectivity index (χ1) is 17.5. The first kappa shape index (κ1) is 27.3. The highest BCUT2D eigenvalue weighted by Crippen LogP contribution is 2.30. The number of unbranched alkanes of at least 4 members (excludes halogenated alkanes) is 3. The number of nitrogens with zero attached hydrogens (tertiary/aromatic N) is 1. The van der Waals surface area contributed by atoms with E-state index in [1.807, 2.05) is 71.6 Å². The largest absolute Gasteiger partial charge is 0.481 e. The van der Waals surface area contributed by atoms with Crippen molar-refractivity contribution in [2.24, 2.45) is 0 Å².